The summed E-state index contributed by atoms with van der Waals surface area (Å²) in [7, 11) is 0. The second kappa shape index (κ2) is 8.83. The lowest BCUT2D eigenvalue weighted by molar-refractivity contribution is -0.384. The number of carbonyl (C=O) groups is 1. The van der Waals surface area contributed by atoms with E-state index in [0.717, 1.165) is 0 Å². The summed E-state index contributed by atoms with van der Waals surface area (Å²) < 4.78 is 10.8. The van der Waals surface area contributed by atoms with Gasteiger partial charge >= 0.3 is 0 Å². The van der Waals surface area contributed by atoms with Crippen LogP contribution in [0.25, 0.3) is 11.3 Å². The molecule has 1 amide bonds. The van der Waals surface area contributed by atoms with Crippen LogP contribution in [0.15, 0.2) is 70.2 Å². The normalized spacial score (nSPS) is 10.8. The number of para-hydroxylation sites is 1. The molecule has 0 bridgehead atoms. The average Bonchev–Trinajstić information content (AvgIpc) is 3.16. The summed E-state index contributed by atoms with van der Waals surface area (Å²) in [5.41, 5.74) is 2.59. The number of nitrogens with zero attached hydrogens (tertiary/aromatic N) is 2. The number of halogens is 1. The summed E-state index contributed by atoms with van der Waals surface area (Å²) >= 11 is 5.77. The Morgan fingerprint density at radius 1 is 1.18 bits per heavy atom. The molecule has 1 heterocycles. The van der Waals surface area contributed by atoms with E-state index < -0.39 is 10.8 Å². The van der Waals surface area contributed by atoms with Crippen LogP contribution in [-0.2, 0) is 4.79 Å². The Labute approximate surface area is 164 Å². The predicted octanol–water partition coefficient (Wildman–Crippen LogP) is 4.04. The van der Waals surface area contributed by atoms with Crippen LogP contribution in [0.4, 0.5) is 5.69 Å². The van der Waals surface area contributed by atoms with Gasteiger partial charge in [-0.2, -0.15) is 5.10 Å². The van der Waals surface area contributed by atoms with Gasteiger partial charge in [-0.25, -0.2) is 5.43 Å². The van der Waals surface area contributed by atoms with Gasteiger partial charge in [-0.05, 0) is 42.5 Å². The van der Waals surface area contributed by atoms with Crippen molar-refractivity contribution in [3.8, 4) is 17.1 Å². The SMILES string of the molecule is O=C(COc1ccc(Cl)cc1)NN=Cc1ccc(-c2ccccc2[N+](=O)[O-])o1. The first kappa shape index (κ1) is 19.1. The molecule has 8 nitrogen and oxygen atoms in total. The van der Waals surface area contributed by atoms with Gasteiger partial charge in [-0.3, -0.25) is 14.9 Å². The first-order valence-corrected chi connectivity index (χ1v) is 8.44. The lowest BCUT2D eigenvalue weighted by Gasteiger charge is -2.04. The molecule has 0 fully saturated rings. The van der Waals surface area contributed by atoms with E-state index >= 15 is 0 Å². The molecule has 0 atom stereocenters. The van der Waals surface area contributed by atoms with Crippen LogP contribution in [0, 0.1) is 10.1 Å². The van der Waals surface area contributed by atoms with Crippen molar-refractivity contribution in [2.45, 2.75) is 0 Å². The number of ether oxygens (including phenoxy) is 1. The van der Waals surface area contributed by atoms with Gasteiger partial charge in [0.1, 0.15) is 17.3 Å². The van der Waals surface area contributed by atoms with E-state index in [1.165, 1.54) is 12.3 Å². The third kappa shape index (κ3) is 4.95. The number of furan rings is 1. The zero-order valence-corrected chi connectivity index (χ0v) is 15.1. The Morgan fingerprint density at radius 2 is 1.93 bits per heavy atom. The van der Waals surface area contributed by atoms with Gasteiger partial charge in [-0.1, -0.05) is 23.7 Å². The lowest BCUT2D eigenvalue weighted by atomic mass is 10.1. The van der Waals surface area contributed by atoms with E-state index in [2.05, 4.69) is 10.5 Å². The highest BCUT2D eigenvalue weighted by molar-refractivity contribution is 6.30. The molecule has 28 heavy (non-hydrogen) atoms. The van der Waals surface area contributed by atoms with Crippen LogP contribution >= 0.6 is 11.6 Å². The zero-order chi connectivity index (χ0) is 19.9. The van der Waals surface area contributed by atoms with Crippen molar-refractivity contribution in [3.63, 3.8) is 0 Å². The van der Waals surface area contributed by atoms with Crippen LogP contribution in [-0.4, -0.2) is 23.7 Å². The number of nitro benzene ring substituents is 1. The lowest BCUT2D eigenvalue weighted by Crippen LogP contribution is -2.24. The molecule has 1 aromatic heterocycles. The molecule has 3 aromatic rings. The summed E-state index contributed by atoms with van der Waals surface area (Å²) in [6.45, 7) is -0.224. The fourth-order valence-corrected chi connectivity index (χ4v) is 2.41. The highest BCUT2D eigenvalue weighted by atomic mass is 35.5. The maximum absolute atomic E-state index is 11.7. The largest absolute Gasteiger partial charge is 0.484 e. The van der Waals surface area contributed by atoms with Gasteiger partial charge in [0, 0.05) is 11.1 Å². The number of nitro groups is 1. The number of amides is 1. The Hall–Kier alpha value is -3.65. The number of hydrazone groups is 1. The topological polar surface area (TPSA) is 107 Å². The molecule has 0 aliphatic rings. The highest BCUT2D eigenvalue weighted by Gasteiger charge is 2.16. The minimum absolute atomic E-state index is 0.0620. The van der Waals surface area contributed by atoms with E-state index in [4.69, 9.17) is 20.8 Å². The van der Waals surface area contributed by atoms with Crippen molar-refractivity contribution in [2.24, 2.45) is 5.10 Å². The summed E-state index contributed by atoms with van der Waals surface area (Å²) in [6, 6.07) is 16.0. The third-order valence-electron chi connectivity index (χ3n) is 3.56. The average molecular weight is 400 g/mol. The molecule has 0 aliphatic carbocycles. The van der Waals surface area contributed by atoms with Crippen LogP contribution in [0.1, 0.15) is 5.76 Å². The van der Waals surface area contributed by atoms with Gasteiger partial charge in [0.25, 0.3) is 11.6 Å². The van der Waals surface area contributed by atoms with Crippen LogP contribution in [0.3, 0.4) is 0 Å². The smallest absolute Gasteiger partial charge is 0.280 e. The van der Waals surface area contributed by atoms with Crippen molar-refractivity contribution < 1.29 is 18.9 Å². The molecule has 2 aromatic carbocycles. The Kier molecular flexibility index (Phi) is 6.03. The van der Waals surface area contributed by atoms with Crippen molar-refractivity contribution in [2.75, 3.05) is 6.61 Å². The first-order valence-electron chi connectivity index (χ1n) is 8.07. The predicted molar refractivity (Wildman–Crippen MR) is 103 cm³/mol. The van der Waals surface area contributed by atoms with Crippen LogP contribution < -0.4 is 10.2 Å². The van der Waals surface area contributed by atoms with Gasteiger partial charge in [0.05, 0.1) is 16.7 Å². The maximum atomic E-state index is 11.7. The highest BCUT2D eigenvalue weighted by Crippen LogP contribution is 2.30. The molecule has 0 spiro atoms. The summed E-state index contributed by atoms with van der Waals surface area (Å²) in [5, 5.41) is 15.4. The quantitative estimate of drug-likeness (QED) is 0.366. The fourth-order valence-electron chi connectivity index (χ4n) is 2.29. The number of hydrogen-bond acceptors (Lipinski definition) is 6. The van der Waals surface area contributed by atoms with Gasteiger partial charge < -0.3 is 9.15 Å². The summed E-state index contributed by atoms with van der Waals surface area (Å²) in [4.78, 5) is 22.4. The molecule has 3 rings (SSSR count). The number of hydrogen-bond donors (Lipinski definition) is 1. The molecular formula is C19H14ClN3O5. The molecule has 0 aliphatic heterocycles. The standard InChI is InChI=1S/C19H14ClN3O5/c20-13-5-7-14(8-6-13)27-12-19(24)22-21-11-15-9-10-18(28-15)16-3-1-2-4-17(16)23(25)26/h1-11H,12H2,(H,22,24). The zero-order valence-electron chi connectivity index (χ0n) is 14.4. The Morgan fingerprint density at radius 3 is 2.68 bits per heavy atom. The fraction of sp³-hybridized carbons (Fsp3) is 0.0526. The molecular weight excluding hydrogens is 386 g/mol. The minimum atomic E-state index is -0.480. The summed E-state index contributed by atoms with van der Waals surface area (Å²) in [5.74, 6) is 0.693. The van der Waals surface area contributed by atoms with Crippen LogP contribution in [0.2, 0.25) is 5.02 Å². The van der Waals surface area contributed by atoms with Crippen molar-refractivity contribution in [1.82, 2.24) is 5.43 Å². The van der Waals surface area contributed by atoms with Crippen molar-refractivity contribution in [3.05, 3.63) is 81.6 Å². The second-order valence-corrected chi connectivity index (χ2v) is 5.95. The molecule has 0 saturated carbocycles. The van der Waals surface area contributed by atoms with Crippen molar-refractivity contribution >= 4 is 29.4 Å². The monoisotopic (exact) mass is 399 g/mol. The minimum Gasteiger partial charge on any atom is -0.484 e. The van der Waals surface area contributed by atoms with Gasteiger partial charge in [-0.15, -0.1) is 0 Å². The Bertz CT molecular complexity index is 1010. The Balaban J connectivity index is 1.56. The molecule has 9 heteroatoms. The number of rotatable bonds is 7. The molecule has 1 N–H and O–H groups in total. The third-order valence-corrected chi connectivity index (χ3v) is 3.81. The van der Waals surface area contributed by atoms with E-state index in [-0.39, 0.29) is 12.3 Å². The van der Waals surface area contributed by atoms with E-state index in [0.29, 0.717) is 27.9 Å². The second-order valence-electron chi connectivity index (χ2n) is 5.51. The van der Waals surface area contributed by atoms with E-state index in [1.54, 1.807) is 54.6 Å². The number of nitrogens with one attached hydrogen (secondary N) is 1. The molecule has 0 radical (unpaired) electrons. The first-order chi connectivity index (χ1) is 13.5. The summed E-state index contributed by atoms with van der Waals surface area (Å²) in [6.07, 6.45) is 1.29. The molecule has 142 valence electrons. The number of carbonyl (C=O) groups excluding carboxylic acids is 1. The van der Waals surface area contributed by atoms with Crippen LogP contribution in [0.5, 0.6) is 5.75 Å². The molecule has 0 unspecified atom stereocenters. The van der Waals surface area contributed by atoms with E-state index in [1.807, 2.05) is 0 Å². The van der Waals surface area contributed by atoms with E-state index in [9.17, 15) is 14.9 Å². The van der Waals surface area contributed by atoms with Crippen molar-refractivity contribution in [1.29, 1.82) is 0 Å². The number of benzene rings is 2. The van der Waals surface area contributed by atoms with Gasteiger partial charge in [0.15, 0.2) is 6.61 Å². The maximum Gasteiger partial charge on any atom is 0.280 e. The van der Waals surface area contributed by atoms with Gasteiger partial charge in [0.2, 0.25) is 0 Å². The molecule has 0 saturated heterocycles.